The van der Waals surface area contributed by atoms with Crippen molar-refractivity contribution in [1.82, 2.24) is 0 Å². The van der Waals surface area contributed by atoms with Crippen LogP contribution in [0.4, 0.5) is 11.4 Å². The number of rotatable bonds is 2. The van der Waals surface area contributed by atoms with E-state index < -0.39 is 0 Å². The van der Waals surface area contributed by atoms with Crippen molar-refractivity contribution in [3.63, 3.8) is 0 Å². The molecule has 0 atom stereocenters. The van der Waals surface area contributed by atoms with Gasteiger partial charge in [-0.1, -0.05) is 36.7 Å². The quantitative estimate of drug-likeness (QED) is 0.582. The van der Waals surface area contributed by atoms with Gasteiger partial charge in [0.2, 0.25) is 0 Å². The molecule has 2 rings (SSSR count). The molecule has 0 spiro atoms. The number of benzene rings is 1. The smallest absolute Gasteiger partial charge is 0.293 e. The fourth-order valence-electron chi connectivity index (χ4n) is 2.90. The zero-order valence-electron chi connectivity index (χ0n) is 12.2. The molecule has 1 saturated heterocycles. The predicted molar refractivity (Wildman–Crippen MR) is 85.2 cm³/mol. The third-order valence-electron chi connectivity index (χ3n) is 4.19. The highest BCUT2D eigenvalue weighted by Gasteiger charge is 2.30. The molecule has 110 valence electrons. The molecule has 0 radical (unpaired) electrons. The van der Waals surface area contributed by atoms with E-state index in [1.807, 2.05) is 12.1 Å². The monoisotopic (exact) mass is 340 g/mol. The van der Waals surface area contributed by atoms with Gasteiger partial charge in [-0.05, 0) is 36.3 Å². The molecule has 1 fully saturated rings. The summed E-state index contributed by atoms with van der Waals surface area (Å²) in [5.74, 6) is 0.688. The molecule has 20 heavy (non-hydrogen) atoms. The number of hydrogen-bond donors (Lipinski definition) is 0. The highest BCUT2D eigenvalue weighted by atomic mass is 79.9. The number of nitrogens with zero attached hydrogens (tertiary/aromatic N) is 2. The fourth-order valence-corrected chi connectivity index (χ4v) is 3.25. The maximum absolute atomic E-state index is 11.2. The number of nitro benzene ring substituents is 1. The lowest BCUT2D eigenvalue weighted by Gasteiger charge is -2.39. The molecule has 0 N–H and O–H groups in total. The summed E-state index contributed by atoms with van der Waals surface area (Å²) in [6, 6.07) is 5.31. The van der Waals surface area contributed by atoms with Crippen molar-refractivity contribution in [3.8, 4) is 0 Å². The van der Waals surface area contributed by atoms with E-state index in [9.17, 15) is 10.1 Å². The molecule has 1 aliphatic rings. The Hall–Kier alpha value is -1.10. The minimum atomic E-state index is -0.296. The highest BCUT2D eigenvalue weighted by Crippen LogP contribution is 2.38. The molecule has 0 aliphatic carbocycles. The van der Waals surface area contributed by atoms with E-state index in [1.54, 1.807) is 6.07 Å². The van der Waals surface area contributed by atoms with Gasteiger partial charge < -0.3 is 4.90 Å². The zero-order chi connectivity index (χ0) is 14.9. The Morgan fingerprint density at radius 2 is 1.90 bits per heavy atom. The number of nitro groups is 1. The van der Waals surface area contributed by atoms with Crippen molar-refractivity contribution in [2.75, 3.05) is 18.0 Å². The molecular weight excluding hydrogens is 320 g/mol. The van der Waals surface area contributed by atoms with E-state index in [4.69, 9.17) is 0 Å². The third-order valence-corrected chi connectivity index (χ3v) is 4.69. The number of halogens is 1. The van der Waals surface area contributed by atoms with Crippen molar-refractivity contribution >= 4 is 27.3 Å². The normalized spacial score (nSPS) is 17.3. The van der Waals surface area contributed by atoms with Crippen LogP contribution in [0, 0.1) is 21.4 Å². The first-order valence-electron chi connectivity index (χ1n) is 6.98. The summed E-state index contributed by atoms with van der Waals surface area (Å²) in [5.41, 5.74) is 1.25. The minimum Gasteiger partial charge on any atom is -0.366 e. The Kier molecular flexibility index (Phi) is 4.37. The SMILES string of the molecule is CC(C)(C)C1CCN(c2ccc(Br)cc2[N+](=O)[O-])CC1. The van der Waals surface area contributed by atoms with Crippen molar-refractivity contribution in [2.24, 2.45) is 11.3 Å². The van der Waals surface area contributed by atoms with Gasteiger partial charge >= 0.3 is 0 Å². The fraction of sp³-hybridized carbons (Fsp3) is 0.600. The van der Waals surface area contributed by atoms with Gasteiger partial charge in [0.1, 0.15) is 5.69 Å². The zero-order valence-corrected chi connectivity index (χ0v) is 13.8. The summed E-state index contributed by atoms with van der Waals surface area (Å²) in [6.45, 7) is 8.61. The van der Waals surface area contributed by atoms with Crippen LogP contribution < -0.4 is 4.90 Å². The molecule has 0 bridgehead atoms. The Bertz CT molecular complexity index is 503. The second-order valence-corrected chi connectivity index (χ2v) is 7.43. The molecule has 0 unspecified atom stereocenters. The third kappa shape index (κ3) is 3.32. The van der Waals surface area contributed by atoms with Gasteiger partial charge in [-0.2, -0.15) is 0 Å². The average molecular weight is 341 g/mol. The van der Waals surface area contributed by atoms with E-state index in [2.05, 4.69) is 41.6 Å². The summed E-state index contributed by atoms with van der Waals surface area (Å²) < 4.78 is 0.748. The molecule has 1 aliphatic heterocycles. The number of hydrogen-bond acceptors (Lipinski definition) is 3. The first-order valence-corrected chi connectivity index (χ1v) is 7.77. The number of anilines is 1. The van der Waals surface area contributed by atoms with Crippen LogP contribution in [0.3, 0.4) is 0 Å². The van der Waals surface area contributed by atoms with Gasteiger partial charge in [0.15, 0.2) is 0 Å². The summed E-state index contributed by atoms with van der Waals surface area (Å²) in [7, 11) is 0. The summed E-state index contributed by atoms with van der Waals surface area (Å²) in [5, 5.41) is 11.2. The van der Waals surface area contributed by atoms with Crippen LogP contribution in [0.1, 0.15) is 33.6 Å². The Balaban J connectivity index is 2.17. The Morgan fingerprint density at radius 1 is 1.30 bits per heavy atom. The van der Waals surface area contributed by atoms with Crippen LogP contribution in [0.5, 0.6) is 0 Å². The first-order chi connectivity index (χ1) is 9.29. The van der Waals surface area contributed by atoms with Crippen LogP contribution in [0.15, 0.2) is 22.7 Å². The van der Waals surface area contributed by atoms with E-state index in [0.717, 1.165) is 36.1 Å². The van der Waals surface area contributed by atoms with Crippen LogP contribution >= 0.6 is 15.9 Å². The topological polar surface area (TPSA) is 46.4 Å². The minimum absolute atomic E-state index is 0.189. The maximum atomic E-state index is 11.2. The molecule has 0 saturated carbocycles. The molecule has 1 heterocycles. The Labute approximate surface area is 128 Å². The number of piperidine rings is 1. The van der Waals surface area contributed by atoms with Gasteiger partial charge in [-0.3, -0.25) is 10.1 Å². The molecule has 0 aromatic heterocycles. The molecule has 4 nitrogen and oxygen atoms in total. The van der Waals surface area contributed by atoms with Gasteiger partial charge in [0, 0.05) is 23.6 Å². The maximum Gasteiger partial charge on any atom is 0.293 e. The van der Waals surface area contributed by atoms with E-state index in [1.165, 1.54) is 0 Å². The molecular formula is C15H21BrN2O2. The second kappa shape index (κ2) is 5.72. The van der Waals surface area contributed by atoms with Gasteiger partial charge in [-0.15, -0.1) is 0 Å². The van der Waals surface area contributed by atoms with Gasteiger partial charge in [0.25, 0.3) is 5.69 Å². The lowest BCUT2D eigenvalue weighted by molar-refractivity contribution is -0.384. The molecule has 5 heteroatoms. The van der Waals surface area contributed by atoms with Crippen LogP contribution in [-0.4, -0.2) is 18.0 Å². The van der Waals surface area contributed by atoms with Crippen molar-refractivity contribution in [2.45, 2.75) is 33.6 Å². The van der Waals surface area contributed by atoms with E-state index in [-0.39, 0.29) is 10.6 Å². The van der Waals surface area contributed by atoms with Crippen molar-refractivity contribution < 1.29 is 4.92 Å². The second-order valence-electron chi connectivity index (χ2n) is 6.52. The summed E-state index contributed by atoms with van der Waals surface area (Å²) >= 11 is 3.30. The molecule has 1 aromatic rings. The predicted octanol–water partition coefficient (Wildman–Crippen LogP) is 4.62. The van der Waals surface area contributed by atoms with Crippen molar-refractivity contribution in [1.29, 1.82) is 0 Å². The first kappa shape index (κ1) is 15.3. The average Bonchev–Trinajstić information content (AvgIpc) is 2.37. The van der Waals surface area contributed by atoms with E-state index >= 15 is 0 Å². The van der Waals surface area contributed by atoms with Crippen molar-refractivity contribution in [3.05, 3.63) is 32.8 Å². The lowest BCUT2D eigenvalue weighted by atomic mass is 9.75. The summed E-state index contributed by atoms with van der Waals surface area (Å²) in [6.07, 6.45) is 2.19. The largest absolute Gasteiger partial charge is 0.366 e. The highest BCUT2D eigenvalue weighted by molar-refractivity contribution is 9.10. The van der Waals surface area contributed by atoms with Gasteiger partial charge in [-0.25, -0.2) is 0 Å². The molecule has 0 amide bonds. The van der Waals surface area contributed by atoms with Gasteiger partial charge in [0.05, 0.1) is 4.92 Å². The summed E-state index contributed by atoms with van der Waals surface area (Å²) in [4.78, 5) is 13.0. The van der Waals surface area contributed by atoms with E-state index in [0.29, 0.717) is 11.3 Å². The van der Waals surface area contributed by atoms with Crippen LogP contribution in [-0.2, 0) is 0 Å². The van der Waals surface area contributed by atoms with Crippen LogP contribution in [0.25, 0.3) is 0 Å². The Morgan fingerprint density at radius 3 is 2.40 bits per heavy atom. The lowest BCUT2D eigenvalue weighted by Crippen LogP contribution is -2.38. The molecule has 1 aromatic carbocycles. The standard InChI is InChI=1S/C15H21BrN2O2/c1-15(2,3)11-6-8-17(9-7-11)13-5-4-12(16)10-14(13)18(19)20/h4-5,10-11H,6-9H2,1-3H3. The van der Waals surface area contributed by atoms with Crippen LogP contribution in [0.2, 0.25) is 0 Å².